The topological polar surface area (TPSA) is 93.0 Å². The zero-order valence-corrected chi connectivity index (χ0v) is 22.4. The van der Waals surface area contributed by atoms with Crippen LogP contribution in [0.4, 0.5) is 18.9 Å². The van der Waals surface area contributed by atoms with Crippen molar-refractivity contribution in [2.24, 2.45) is 0 Å². The molecule has 3 N–H and O–H groups in total. The minimum Gasteiger partial charge on any atom is -0.490 e. The molecule has 208 valence electrons. The Kier molecular flexibility index (Phi) is 11.3. The monoisotopic (exact) mass is 554 g/mol. The number of alkyl halides is 3. The summed E-state index contributed by atoms with van der Waals surface area (Å²) in [7, 11) is -2.89. The van der Waals surface area contributed by atoms with Crippen molar-refractivity contribution in [2.45, 2.75) is 51.9 Å². The lowest BCUT2D eigenvalue weighted by molar-refractivity contribution is -0.139. The average Bonchev–Trinajstić information content (AvgIpc) is 3.39. The van der Waals surface area contributed by atoms with Crippen molar-refractivity contribution in [3.8, 4) is 16.9 Å². The van der Waals surface area contributed by atoms with Crippen LogP contribution in [0.3, 0.4) is 0 Å². The van der Waals surface area contributed by atoms with E-state index < -0.39 is 20.0 Å². The maximum absolute atomic E-state index is 13.5. The molecule has 0 aliphatic rings. The van der Waals surface area contributed by atoms with E-state index in [4.69, 9.17) is 14.0 Å². The van der Waals surface area contributed by atoms with Gasteiger partial charge in [0.05, 0.1) is 30.8 Å². The summed E-state index contributed by atoms with van der Waals surface area (Å²) in [6.07, 6.45) is 0.158. The van der Waals surface area contributed by atoms with Crippen LogP contribution in [0.15, 0.2) is 59.4 Å². The van der Waals surface area contributed by atoms with E-state index in [-0.39, 0.29) is 18.5 Å². The number of halogens is 3. The first-order valence-electron chi connectivity index (χ1n) is 12.5. The van der Waals surface area contributed by atoms with Gasteiger partial charge in [0.15, 0.2) is 0 Å². The van der Waals surface area contributed by atoms with Crippen molar-refractivity contribution in [1.29, 1.82) is 0 Å². The zero-order valence-electron chi connectivity index (χ0n) is 21.4. The first-order chi connectivity index (χ1) is 18.1. The lowest BCUT2D eigenvalue weighted by Crippen LogP contribution is -2.16. The van der Waals surface area contributed by atoms with Crippen LogP contribution in [0, 0.1) is 0 Å². The molecular formula is C27H34F3N2O5P. The second-order valence-electron chi connectivity index (χ2n) is 9.06. The van der Waals surface area contributed by atoms with E-state index in [0.717, 1.165) is 22.4 Å². The van der Waals surface area contributed by atoms with Crippen LogP contribution < -0.4 is 15.4 Å². The van der Waals surface area contributed by atoms with Gasteiger partial charge in [-0.1, -0.05) is 12.1 Å². The largest absolute Gasteiger partial charge is 0.490 e. The Labute approximate surface area is 221 Å². The normalized spacial score (nSPS) is 12.6. The van der Waals surface area contributed by atoms with Crippen LogP contribution in [0.1, 0.15) is 43.4 Å². The van der Waals surface area contributed by atoms with Crippen molar-refractivity contribution < 1.29 is 36.3 Å². The number of aryl methyl sites for hydroxylation is 1. The van der Waals surface area contributed by atoms with Crippen LogP contribution in [0.25, 0.3) is 11.1 Å². The van der Waals surface area contributed by atoms with Crippen molar-refractivity contribution in [3.63, 3.8) is 0 Å². The summed E-state index contributed by atoms with van der Waals surface area (Å²) < 4.78 is 66.5. The van der Waals surface area contributed by atoms with Gasteiger partial charge in [0.1, 0.15) is 5.75 Å². The average molecular weight is 555 g/mol. The molecule has 0 bridgehead atoms. The molecule has 0 saturated carbocycles. The summed E-state index contributed by atoms with van der Waals surface area (Å²) >= 11 is 0. The van der Waals surface area contributed by atoms with Crippen molar-refractivity contribution >= 4 is 13.9 Å². The Hall–Kier alpha value is -2.78. The summed E-state index contributed by atoms with van der Waals surface area (Å²) in [5.74, 6) is -0.149. The highest BCUT2D eigenvalue weighted by molar-refractivity contribution is 7.32. The fraction of sp³-hybridized carbons (Fsp3) is 0.407. The highest BCUT2D eigenvalue weighted by Crippen LogP contribution is 2.37. The standard InChI is InChI=1S/C27H34F3N2O5P/c1-19(2)37-26-9-7-20(16-24(26)27(28,29)30)5-3-12-32-25-8-6-21(15-23(25)22-10-14-35-18-22)17-31-11-4-13-36-38(33)34/h6-10,14-16,18-19,31-32,38H,3-5,11-13,17H2,1-2H3,(H,33,34). The lowest BCUT2D eigenvalue weighted by atomic mass is 10.0. The molecule has 3 aromatic rings. The number of anilines is 1. The van der Waals surface area contributed by atoms with E-state index in [1.54, 1.807) is 32.4 Å². The maximum Gasteiger partial charge on any atom is 0.419 e. The number of nitrogens with one attached hydrogen (secondary N) is 2. The van der Waals surface area contributed by atoms with E-state index >= 15 is 0 Å². The minimum atomic E-state index is -4.48. The van der Waals surface area contributed by atoms with Crippen molar-refractivity contribution in [2.75, 3.05) is 25.0 Å². The van der Waals surface area contributed by atoms with Gasteiger partial charge in [-0.3, -0.25) is 4.57 Å². The van der Waals surface area contributed by atoms with Gasteiger partial charge in [-0.2, -0.15) is 13.2 Å². The van der Waals surface area contributed by atoms with E-state index in [9.17, 15) is 17.7 Å². The van der Waals surface area contributed by atoms with Gasteiger partial charge in [0, 0.05) is 29.9 Å². The predicted molar refractivity (Wildman–Crippen MR) is 142 cm³/mol. The molecule has 0 fully saturated rings. The molecule has 0 spiro atoms. The molecule has 0 aliphatic carbocycles. The smallest absolute Gasteiger partial charge is 0.419 e. The highest BCUT2D eigenvalue weighted by Gasteiger charge is 2.34. The third-order valence-electron chi connectivity index (χ3n) is 5.64. The Morgan fingerprint density at radius 3 is 2.53 bits per heavy atom. The fourth-order valence-electron chi connectivity index (χ4n) is 3.93. The van der Waals surface area contributed by atoms with E-state index in [1.807, 2.05) is 24.3 Å². The third-order valence-corrected chi connectivity index (χ3v) is 6.09. The van der Waals surface area contributed by atoms with Gasteiger partial charge in [-0.15, -0.1) is 0 Å². The summed E-state index contributed by atoms with van der Waals surface area (Å²) in [6, 6.07) is 12.1. The molecule has 1 heterocycles. The number of rotatable bonds is 15. The van der Waals surface area contributed by atoms with E-state index in [1.165, 1.54) is 12.1 Å². The highest BCUT2D eigenvalue weighted by atomic mass is 31.1. The third kappa shape index (κ3) is 9.51. The molecule has 2 aromatic carbocycles. The molecule has 38 heavy (non-hydrogen) atoms. The summed E-state index contributed by atoms with van der Waals surface area (Å²) in [4.78, 5) is 8.69. The van der Waals surface area contributed by atoms with Crippen LogP contribution in [-0.2, 0) is 28.2 Å². The maximum atomic E-state index is 13.5. The van der Waals surface area contributed by atoms with Crippen molar-refractivity contribution in [1.82, 2.24) is 5.32 Å². The SMILES string of the molecule is CC(C)Oc1ccc(CCCNc2ccc(CNCCCO[PH](=O)O)cc2-c2ccoc2)cc1C(F)(F)F. The van der Waals surface area contributed by atoms with Crippen LogP contribution in [0.2, 0.25) is 0 Å². The molecule has 0 radical (unpaired) electrons. The van der Waals surface area contributed by atoms with Gasteiger partial charge in [0.2, 0.25) is 0 Å². The summed E-state index contributed by atoms with van der Waals surface area (Å²) in [6.45, 7) is 5.43. The lowest BCUT2D eigenvalue weighted by Gasteiger charge is -2.17. The first kappa shape index (κ1) is 29.8. The predicted octanol–water partition coefficient (Wildman–Crippen LogP) is 6.68. The van der Waals surface area contributed by atoms with Gasteiger partial charge >= 0.3 is 14.4 Å². The molecular weight excluding hydrogens is 520 g/mol. The Bertz CT molecular complexity index is 1170. The summed E-state index contributed by atoms with van der Waals surface area (Å²) in [5.41, 5.74) is 3.66. The molecule has 1 unspecified atom stereocenters. The molecule has 0 aliphatic heterocycles. The van der Waals surface area contributed by atoms with Gasteiger partial charge < -0.3 is 29.2 Å². The number of hydrogen-bond acceptors (Lipinski definition) is 6. The molecule has 1 atom stereocenters. The summed E-state index contributed by atoms with van der Waals surface area (Å²) in [5, 5.41) is 6.68. The molecule has 1 aromatic heterocycles. The van der Waals surface area contributed by atoms with Gasteiger partial charge in [-0.05, 0) is 81.1 Å². The number of benzene rings is 2. The zero-order chi connectivity index (χ0) is 27.5. The Balaban J connectivity index is 1.58. The first-order valence-corrected chi connectivity index (χ1v) is 13.7. The van der Waals surface area contributed by atoms with Crippen LogP contribution in [-0.4, -0.2) is 30.7 Å². The molecule has 7 nitrogen and oxygen atoms in total. The fourth-order valence-corrected chi connectivity index (χ4v) is 4.25. The molecule has 0 amide bonds. The quantitative estimate of drug-likeness (QED) is 0.143. The van der Waals surface area contributed by atoms with E-state index in [0.29, 0.717) is 44.5 Å². The van der Waals surface area contributed by atoms with Gasteiger partial charge in [0.25, 0.3) is 0 Å². The molecule has 11 heteroatoms. The molecule has 3 rings (SSSR count). The number of furan rings is 1. The van der Waals surface area contributed by atoms with E-state index in [2.05, 4.69) is 15.2 Å². The molecule has 0 saturated heterocycles. The Morgan fingerprint density at radius 2 is 1.84 bits per heavy atom. The van der Waals surface area contributed by atoms with Crippen LogP contribution >= 0.6 is 8.25 Å². The Morgan fingerprint density at radius 1 is 1.05 bits per heavy atom. The second-order valence-corrected chi connectivity index (χ2v) is 9.88. The number of ether oxygens (including phenoxy) is 1. The number of hydrogen-bond donors (Lipinski definition) is 3. The van der Waals surface area contributed by atoms with Crippen molar-refractivity contribution in [3.05, 3.63) is 71.7 Å². The van der Waals surface area contributed by atoms with Crippen LogP contribution in [0.5, 0.6) is 5.75 Å². The second kappa shape index (κ2) is 14.4. The van der Waals surface area contributed by atoms with Gasteiger partial charge in [-0.25, -0.2) is 0 Å². The minimum absolute atomic E-state index is 0.149.